The number of hydrogen-bond donors (Lipinski definition) is 3. The zero-order valence-corrected chi connectivity index (χ0v) is 18.1. The maximum atomic E-state index is 13.2. The van der Waals surface area contributed by atoms with Gasteiger partial charge in [-0.05, 0) is 12.8 Å². The number of hydrogen-bond acceptors (Lipinski definition) is 5. The third kappa shape index (κ3) is 5.93. The van der Waals surface area contributed by atoms with Crippen molar-refractivity contribution in [3.8, 4) is 0 Å². The number of nitrogens with one attached hydrogen (secondary N) is 2. The molecule has 0 spiro atoms. The number of aromatic amines is 1. The van der Waals surface area contributed by atoms with Gasteiger partial charge in [0.2, 0.25) is 0 Å². The van der Waals surface area contributed by atoms with E-state index in [9.17, 15) is 14.4 Å². The van der Waals surface area contributed by atoms with Crippen LogP contribution < -0.4 is 26.8 Å². The SMILES string of the molecule is CCCCn1c(N)c(N(CCOC)C(=O)C[NH+]2C[C@H](C)C[C@H](C)C2)c(=O)[nH]c1=O. The number of methoxy groups -OCH3 is 1. The average Bonchev–Trinajstić information content (AvgIpc) is 2.63. The minimum absolute atomic E-state index is 0.0343. The van der Waals surface area contributed by atoms with Crippen LogP contribution in [-0.2, 0) is 16.1 Å². The third-order valence-electron chi connectivity index (χ3n) is 5.52. The molecule has 4 N–H and O–H groups in total. The number of carbonyl (C=O) groups excluding carboxylic acids is 1. The molecule has 9 heteroatoms. The molecule has 2 rings (SSSR count). The Balaban J connectivity index is 2.35. The summed E-state index contributed by atoms with van der Waals surface area (Å²) in [5.41, 5.74) is 5.07. The molecule has 1 aromatic rings. The summed E-state index contributed by atoms with van der Waals surface area (Å²) in [7, 11) is 1.54. The number of nitrogen functional groups attached to an aromatic ring is 1. The largest absolute Gasteiger partial charge is 0.383 e. The number of quaternary nitrogens is 1. The van der Waals surface area contributed by atoms with Gasteiger partial charge in [0, 0.05) is 32.0 Å². The Labute approximate surface area is 171 Å². The predicted octanol–water partition coefficient (Wildman–Crippen LogP) is -0.541. The standard InChI is InChI=1S/C20H35N5O4/c1-5-6-7-25-18(21)17(19(27)22-20(25)28)24(8-9-29-4)16(26)13-23-11-14(2)10-15(3)12-23/h14-15H,5-13,21H2,1-4H3,(H,22,27,28)/p+1/t14-,15+. The first-order chi connectivity index (χ1) is 13.8. The van der Waals surface area contributed by atoms with Crippen LogP contribution in [-0.4, -0.2) is 55.4 Å². The van der Waals surface area contributed by atoms with Gasteiger partial charge < -0.3 is 15.4 Å². The van der Waals surface area contributed by atoms with Crippen molar-refractivity contribution >= 4 is 17.4 Å². The van der Waals surface area contributed by atoms with E-state index in [0.29, 0.717) is 18.4 Å². The van der Waals surface area contributed by atoms with E-state index in [1.807, 2.05) is 6.92 Å². The highest BCUT2D eigenvalue weighted by Gasteiger charge is 2.31. The van der Waals surface area contributed by atoms with Gasteiger partial charge in [0.1, 0.15) is 5.82 Å². The molecule has 9 nitrogen and oxygen atoms in total. The second kappa shape index (κ2) is 10.6. The average molecular weight is 411 g/mol. The van der Waals surface area contributed by atoms with Gasteiger partial charge in [-0.2, -0.15) is 0 Å². The zero-order valence-electron chi connectivity index (χ0n) is 18.1. The van der Waals surface area contributed by atoms with Crippen molar-refractivity contribution in [2.45, 2.75) is 46.6 Å². The number of likely N-dealkylation sites (tertiary alicyclic amines) is 1. The number of H-pyrrole nitrogens is 1. The van der Waals surface area contributed by atoms with E-state index in [2.05, 4.69) is 18.8 Å². The number of amides is 1. The number of ether oxygens (including phenoxy) is 1. The van der Waals surface area contributed by atoms with Crippen LogP contribution in [0.2, 0.25) is 0 Å². The lowest BCUT2D eigenvalue weighted by Gasteiger charge is -2.33. The van der Waals surface area contributed by atoms with Gasteiger partial charge in [-0.25, -0.2) is 4.79 Å². The number of nitrogens with zero attached hydrogens (tertiary/aromatic N) is 2. The molecule has 1 aliphatic rings. The van der Waals surface area contributed by atoms with Gasteiger partial charge in [-0.1, -0.05) is 27.2 Å². The third-order valence-corrected chi connectivity index (χ3v) is 5.52. The summed E-state index contributed by atoms with van der Waals surface area (Å²) in [5.74, 6) is 0.958. The summed E-state index contributed by atoms with van der Waals surface area (Å²) in [5, 5.41) is 0. The molecule has 1 unspecified atom stereocenters. The van der Waals surface area contributed by atoms with Gasteiger partial charge >= 0.3 is 5.69 Å². The second-order valence-corrected chi connectivity index (χ2v) is 8.32. The molecule has 29 heavy (non-hydrogen) atoms. The number of rotatable bonds is 9. The Morgan fingerprint density at radius 3 is 2.55 bits per heavy atom. The first-order valence-corrected chi connectivity index (χ1v) is 10.5. The normalized spacial score (nSPS) is 21.9. The van der Waals surface area contributed by atoms with E-state index < -0.39 is 11.2 Å². The molecule has 0 radical (unpaired) electrons. The van der Waals surface area contributed by atoms with Gasteiger partial charge in [-0.15, -0.1) is 0 Å². The Hall–Kier alpha value is -2.13. The van der Waals surface area contributed by atoms with Crippen molar-refractivity contribution in [1.29, 1.82) is 0 Å². The first kappa shape index (κ1) is 23.2. The fourth-order valence-corrected chi connectivity index (χ4v) is 4.30. The van der Waals surface area contributed by atoms with Crippen molar-refractivity contribution in [3.63, 3.8) is 0 Å². The first-order valence-electron chi connectivity index (χ1n) is 10.5. The van der Waals surface area contributed by atoms with Crippen molar-refractivity contribution in [2.24, 2.45) is 11.8 Å². The smallest absolute Gasteiger partial charge is 0.330 e. The fourth-order valence-electron chi connectivity index (χ4n) is 4.30. The van der Waals surface area contributed by atoms with Crippen molar-refractivity contribution < 1.29 is 14.4 Å². The predicted molar refractivity (Wildman–Crippen MR) is 113 cm³/mol. The summed E-state index contributed by atoms with van der Waals surface area (Å²) < 4.78 is 6.48. The van der Waals surface area contributed by atoms with Crippen LogP contribution in [0.1, 0.15) is 40.0 Å². The number of carbonyl (C=O) groups is 1. The van der Waals surface area contributed by atoms with Crippen molar-refractivity contribution in [2.75, 3.05) is 50.5 Å². The summed E-state index contributed by atoms with van der Waals surface area (Å²) in [6.07, 6.45) is 2.79. The number of unbranched alkanes of at least 4 members (excludes halogenated alkanes) is 1. The molecular weight excluding hydrogens is 374 g/mol. The lowest BCUT2D eigenvalue weighted by Crippen LogP contribution is -3.15. The topological polar surface area (TPSA) is 115 Å². The quantitative estimate of drug-likeness (QED) is 0.506. The lowest BCUT2D eigenvalue weighted by atomic mass is 9.92. The maximum absolute atomic E-state index is 13.2. The number of piperidine rings is 1. The van der Waals surface area contributed by atoms with Crippen LogP contribution in [0.4, 0.5) is 11.5 Å². The molecule has 1 fully saturated rings. The van der Waals surface area contributed by atoms with E-state index >= 15 is 0 Å². The number of nitrogens with two attached hydrogens (primary N) is 1. The molecule has 1 amide bonds. The van der Waals surface area contributed by atoms with Gasteiger partial charge in [0.05, 0.1) is 19.7 Å². The highest BCUT2D eigenvalue weighted by molar-refractivity contribution is 5.96. The molecular formula is C20H36N5O4+. The Kier molecular flexibility index (Phi) is 8.45. The van der Waals surface area contributed by atoms with E-state index in [-0.39, 0.29) is 37.1 Å². The zero-order chi connectivity index (χ0) is 21.6. The van der Waals surface area contributed by atoms with Gasteiger partial charge in [-0.3, -0.25) is 24.0 Å². The molecule has 0 saturated carbocycles. The fraction of sp³-hybridized carbons (Fsp3) is 0.750. The van der Waals surface area contributed by atoms with E-state index in [4.69, 9.17) is 10.5 Å². The highest BCUT2D eigenvalue weighted by Crippen LogP contribution is 2.17. The monoisotopic (exact) mass is 410 g/mol. The van der Waals surface area contributed by atoms with Gasteiger partial charge in [0.25, 0.3) is 11.5 Å². The Bertz CT molecular complexity index is 793. The van der Waals surface area contributed by atoms with Crippen molar-refractivity contribution in [3.05, 3.63) is 20.8 Å². The summed E-state index contributed by atoms with van der Waals surface area (Å²) in [4.78, 5) is 42.9. The Morgan fingerprint density at radius 2 is 1.97 bits per heavy atom. The Morgan fingerprint density at radius 1 is 1.31 bits per heavy atom. The van der Waals surface area contributed by atoms with Crippen LogP contribution in [0.25, 0.3) is 0 Å². The molecule has 3 atom stereocenters. The van der Waals surface area contributed by atoms with E-state index in [0.717, 1.165) is 25.9 Å². The van der Waals surface area contributed by atoms with E-state index in [1.54, 1.807) is 0 Å². The lowest BCUT2D eigenvalue weighted by molar-refractivity contribution is -0.904. The number of anilines is 2. The van der Waals surface area contributed by atoms with Crippen LogP contribution in [0.3, 0.4) is 0 Å². The number of aromatic nitrogens is 2. The maximum Gasteiger partial charge on any atom is 0.330 e. The molecule has 0 bridgehead atoms. The minimum Gasteiger partial charge on any atom is -0.383 e. The molecule has 1 aromatic heterocycles. The molecule has 2 heterocycles. The van der Waals surface area contributed by atoms with Crippen LogP contribution in [0, 0.1) is 11.8 Å². The highest BCUT2D eigenvalue weighted by atomic mass is 16.5. The summed E-state index contributed by atoms with van der Waals surface area (Å²) in [6, 6.07) is 0. The minimum atomic E-state index is -0.639. The van der Waals surface area contributed by atoms with Crippen LogP contribution in [0.15, 0.2) is 9.59 Å². The molecule has 1 aliphatic heterocycles. The molecule has 164 valence electrons. The van der Waals surface area contributed by atoms with Gasteiger partial charge in [0.15, 0.2) is 12.2 Å². The van der Waals surface area contributed by atoms with Crippen molar-refractivity contribution in [1.82, 2.24) is 9.55 Å². The summed E-state index contributed by atoms with van der Waals surface area (Å²) >= 11 is 0. The summed E-state index contributed by atoms with van der Waals surface area (Å²) in [6.45, 7) is 9.41. The molecule has 0 aromatic carbocycles. The second-order valence-electron chi connectivity index (χ2n) is 8.32. The van der Waals surface area contributed by atoms with Crippen LogP contribution >= 0.6 is 0 Å². The molecule has 1 saturated heterocycles. The molecule has 0 aliphatic carbocycles. The van der Waals surface area contributed by atoms with E-state index in [1.165, 1.54) is 27.9 Å². The van der Waals surface area contributed by atoms with Crippen LogP contribution in [0.5, 0.6) is 0 Å².